The summed E-state index contributed by atoms with van der Waals surface area (Å²) in [6, 6.07) is 5.49. The molecule has 1 unspecified atom stereocenters. The molecule has 0 bridgehead atoms. The number of carbonyl (C=O) groups is 3. The topological polar surface area (TPSA) is 72.9 Å². The van der Waals surface area contributed by atoms with Crippen LogP contribution in [0.1, 0.15) is 41.0 Å². The molecule has 0 radical (unpaired) electrons. The van der Waals surface area contributed by atoms with Crippen molar-refractivity contribution in [1.29, 1.82) is 0 Å². The van der Waals surface area contributed by atoms with Crippen molar-refractivity contribution < 1.29 is 23.9 Å². The summed E-state index contributed by atoms with van der Waals surface area (Å²) < 4.78 is 10.1. The molecule has 2 rings (SSSR count). The van der Waals surface area contributed by atoms with Crippen molar-refractivity contribution in [2.45, 2.75) is 31.9 Å². The lowest BCUT2D eigenvalue weighted by Gasteiger charge is -2.31. The van der Waals surface area contributed by atoms with Crippen molar-refractivity contribution in [3.63, 3.8) is 0 Å². The second-order valence-corrected chi connectivity index (χ2v) is 5.73. The average molecular weight is 305 g/mol. The number of hydrogen-bond donors (Lipinski definition) is 0. The molecule has 22 heavy (non-hydrogen) atoms. The summed E-state index contributed by atoms with van der Waals surface area (Å²) in [6.07, 6.45) is 0.154. The quantitative estimate of drug-likeness (QED) is 0.611. The number of rotatable bonds is 5. The third-order valence-corrected chi connectivity index (χ3v) is 3.85. The number of amides is 2. The third-order valence-electron chi connectivity index (χ3n) is 3.85. The van der Waals surface area contributed by atoms with E-state index >= 15 is 0 Å². The van der Waals surface area contributed by atoms with Gasteiger partial charge in [0.1, 0.15) is 6.04 Å². The first-order valence-electron chi connectivity index (χ1n) is 6.92. The van der Waals surface area contributed by atoms with Crippen LogP contribution < -0.4 is 0 Å². The first-order valence-corrected chi connectivity index (χ1v) is 6.92. The van der Waals surface area contributed by atoms with Gasteiger partial charge in [0, 0.05) is 13.5 Å². The second-order valence-electron chi connectivity index (χ2n) is 5.73. The normalized spacial score (nSPS) is 15.7. The summed E-state index contributed by atoms with van der Waals surface area (Å²) in [7, 11) is 2.74. The van der Waals surface area contributed by atoms with E-state index in [2.05, 4.69) is 0 Å². The maximum absolute atomic E-state index is 12.5. The molecule has 1 heterocycles. The van der Waals surface area contributed by atoms with Crippen LogP contribution in [0.15, 0.2) is 24.3 Å². The van der Waals surface area contributed by atoms with Gasteiger partial charge in [0.2, 0.25) is 0 Å². The minimum Gasteiger partial charge on any atom is -0.467 e. The number of ether oxygens (including phenoxy) is 2. The van der Waals surface area contributed by atoms with Gasteiger partial charge < -0.3 is 9.47 Å². The Morgan fingerprint density at radius 2 is 1.64 bits per heavy atom. The van der Waals surface area contributed by atoms with E-state index in [1.807, 2.05) is 0 Å². The molecule has 0 N–H and O–H groups in total. The molecular weight excluding hydrogens is 286 g/mol. The van der Waals surface area contributed by atoms with E-state index in [9.17, 15) is 14.4 Å². The molecule has 6 heteroatoms. The molecule has 6 nitrogen and oxygen atoms in total. The number of nitrogens with zero attached hydrogens (tertiary/aromatic N) is 1. The van der Waals surface area contributed by atoms with E-state index in [1.54, 1.807) is 38.1 Å². The van der Waals surface area contributed by atoms with Gasteiger partial charge in [0.25, 0.3) is 11.8 Å². The Kier molecular flexibility index (Phi) is 4.32. The van der Waals surface area contributed by atoms with E-state index in [0.29, 0.717) is 11.1 Å². The van der Waals surface area contributed by atoms with Gasteiger partial charge in [-0.2, -0.15) is 0 Å². The fourth-order valence-corrected chi connectivity index (χ4v) is 2.46. The smallest absolute Gasteiger partial charge is 0.329 e. The van der Waals surface area contributed by atoms with Gasteiger partial charge in [-0.25, -0.2) is 4.79 Å². The predicted molar refractivity (Wildman–Crippen MR) is 78.5 cm³/mol. The van der Waals surface area contributed by atoms with E-state index < -0.39 is 29.4 Å². The Labute approximate surface area is 129 Å². The lowest BCUT2D eigenvalue weighted by molar-refractivity contribution is -0.147. The van der Waals surface area contributed by atoms with Gasteiger partial charge in [-0.05, 0) is 26.0 Å². The van der Waals surface area contributed by atoms with E-state index in [0.717, 1.165) is 4.90 Å². The molecule has 1 atom stereocenters. The van der Waals surface area contributed by atoms with Crippen molar-refractivity contribution in [3.8, 4) is 0 Å². The van der Waals surface area contributed by atoms with Crippen molar-refractivity contribution >= 4 is 17.8 Å². The molecule has 1 aliphatic rings. The fraction of sp³-hybridized carbons (Fsp3) is 0.438. The molecule has 0 aromatic heterocycles. The zero-order valence-electron chi connectivity index (χ0n) is 13.1. The number of carbonyl (C=O) groups excluding carboxylic acids is 3. The van der Waals surface area contributed by atoms with Crippen LogP contribution in [0, 0.1) is 0 Å². The van der Waals surface area contributed by atoms with Crippen molar-refractivity contribution in [2.75, 3.05) is 14.2 Å². The molecule has 0 aliphatic carbocycles. The fourth-order valence-electron chi connectivity index (χ4n) is 2.46. The molecule has 0 spiro atoms. The SMILES string of the molecule is COC(=O)C(CC(C)(C)OC)N1C(=O)c2ccccc2C1=O. The highest BCUT2D eigenvalue weighted by Gasteiger charge is 2.45. The van der Waals surface area contributed by atoms with Crippen molar-refractivity contribution in [3.05, 3.63) is 35.4 Å². The van der Waals surface area contributed by atoms with Gasteiger partial charge in [0.15, 0.2) is 0 Å². The highest BCUT2D eigenvalue weighted by Crippen LogP contribution is 2.29. The first kappa shape index (κ1) is 16.2. The summed E-state index contributed by atoms with van der Waals surface area (Å²) in [5.74, 6) is -1.61. The molecule has 1 aromatic carbocycles. The highest BCUT2D eigenvalue weighted by atomic mass is 16.5. The maximum Gasteiger partial charge on any atom is 0.329 e. The third kappa shape index (κ3) is 2.74. The minimum atomic E-state index is -1.02. The predicted octanol–water partition coefficient (Wildman–Crippen LogP) is 1.64. The molecule has 0 saturated heterocycles. The number of imide groups is 1. The highest BCUT2D eigenvalue weighted by molar-refractivity contribution is 6.22. The summed E-state index contributed by atoms with van der Waals surface area (Å²) in [5, 5.41) is 0. The van der Waals surface area contributed by atoms with E-state index in [1.165, 1.54) is 14.2 Å². The Morgan fingerprint density at radius 1 is 1.14 bits per heavy atom. The molecule has 2 amide bonds. The number of methoxy groups -OCH3 is 2. The Bertz CT molecular complexity index is 588. The summed E-state index contributed by atoms with van der Waals surface area (Å²) in [6.45, 7) is 3.56. The van der Waals surface area contributed by atoms with Crippen LogP contribution in [-0.4, -0.2) is 48.5 Å². The summed E-state index contributed by atoms with van der Waals surface area (Å²) in [5.41, 5.74) is -0.0815. The Hall–Kier alpha value is -2.21. The zero-order chi connectivity index (χ0) is 16.5. The zero-order valence-corrected chi connectivity index (χ0v) is 13.1. The average Bonchev–Trinajstić information content (AvgIpc) is 2.76. The Balaban J connectivity index is 2.40. The standard InChI is InChI=1S/C16H19NO5/c1-16(2,22-4)9-12(15(20)21-3)17-13(18)10-7-5-6-8-11(10)14(17)19/h5-8,12H,9H2,1-4H3. The van der Waals surface area contributed by atoms with Gasteiger partial charge in [0.05, 0.1) is 23.8 Å². The lowest BCUT2D eigenvalue weighted by Crippen LogP contribution is -2.49. The van der Waals surface area contributed by atoms with Crippen molar-refractivity contribution in [2.24, 2.45) is 0 Å². The molecule has 118 valence electrons. The number of esters is 1. The molecule has 1 aliphatic heterocycles. The molecule has 0 fully saturated rings. The maximum atomic E-state index is 12.5. The van der Waals surface area contributed by atoms with Crippen LogP contribution in [0.2, 0.25) is 0 Å². The minimum absolute atomic E-state index is 0.154. The van der Waals surface area contributed by atoms with E-state index in [-0.39, 0.29) is 6.42 Å². The van der Waals surface area contributed by atoms with Crippen LogP contribution in [-0.2, 0) is 14.3 Å². The molecule has 0 saturated carbocycles. The van der Waals surface area contributed by atoms with Gasteiger partial charge >= 0.3 is 5.97 Å². The first-order chi connectivity index (χ1) is 10.3. The molecule has 1 aromatic rings. The van der Waals surface area contributed by atoms with Crippen LogP contribution in [0.5, 0.6) is 0 Å². The lowest BCUT2D eigenvalue weighted by atomic mass is 9.97. The number of hydrogen-bond acceptors (Lipinski definition) is 5. The van der Waals surface area contributed by atoms with Gasteiger partial charge in [-0.1, -0.05) is 12.1 Å². The summed E-state index contributed by atoms with van der Waals surface area (Å²) >= 11 is 0. The largest absolute Gasteiger partial charge is 0.467 e. The Morgan fingerprint density at radius 3 is 2.05 bits per heavy atom. The second kappa shape index (κ2) is 5.88. The van der Waals surface area contributed by atoms with Crippen molar-refractivity contribution in [1.82, 2.24) is 4.90 Å². The van der Waals surface area contributed by atoms with Crippen LogP contribution in [0.3, 0.4) is 0 Å². The van der Waals surface area contributed by atoms with E-state index in [4.69, 9.17) is 9.47 Å². The van der Waals surface area contributed by atoms with Crippen LogP contribution in [0.4, 0.5) is 0 Å². The number of benzene rings is 1. The van der Waals surface area contributed by atoms with Crippen LogP contribution >= 0.6 is 0 Å². The van der Waals surface area contributed by atoms with Crippen LogP contribution in [0.25, 0.3) is 0 Å². The van der Waals surface area contributed by atoms with Gasteiger partial charge in [-0.3, -0.25) is 14.5 Å². The molecular formula is C16H19NO5. The number of fused-ring (bicyclic) bond motifs is 1. The monoisotopic (exact) mass is 305 g/mol. The summed E-state index contributed by atoms with van der Waals surface area (Å²) in [4.78, 5) is 38.1. The van der Waals surface area contributed by atoms with Gasteiger partial charge in [-0.15, -0.1) is 0 Å².